The van der Waals surface area contributed by atoms with E-state index in [1.54, 1.807) is 0 Å². The molecule has 0 bridgehead atoms. The molecule has 1 saturated heterocycles. The average Bonchev–Trinajstić information content (AvgIpc) is 3.28. The quantitative estimate of drug-likeness (QED) is 0.724. The van der Waals surface area contributed by atoms with Crippen molar-refractivity contribution in [3.05, 3.63) is 54.4 Å². The van der Waals surface area contributed by atoms with Crippen molar-refractivity contribution >= 4 is 22.4 Å². The lowest BCUT2D eigenvalue weighted by Crippen LogP contribution is -2.33. The van der Waals surface area contributed by atoms with Gasteiger partial charge in [-0.05, 0) is 36.7 Å². The molecule has 2 aliphatic rings. The molecule has 2 aromatic heterocycles. The highest BCUT2D eigenvalue weighted by Crippen LogP contribution is 2.48. The van der Waals surface area contributed by atoms with Gasteiger partial charge >= 0.3 is 0 Å². The predicted octanol–water partition coefficient (Wildman–Crippen LogP) is 2.95. The van der Waals surface area contributed by atoms with Gasteiger partial charge in [0.05, 0.1) is 5.69 Å². The van der Waals surface area contributed by atoms with Crippen LogP contribution in [0.3, 0.4) is 0 Å². The van der Waals surface area contributed by atoms with Crippen LogP contribution in [0, 0.1) is 0 Å². The maximum absolute atomic E-state index is 4.42. The van der Waals surface area contributed by atoms with Crippen molar-refractivity contribution < 1.29 is 0 Å². The molecule has 0 saturated carbocycles. The standard InChI is InChI=1S/C18H18N4/c1-2-4-16-14(3-1)18(7-10-19-11-18)12-22(16)15-6-9-21-17-13(15)5-8-20-17/h1-6,8-9,19H,7,10-12H2,(H,20,21)/t18-/m1/s1. The second-order valence-electron chi connectivity index (χ2n) is 6.38. The summed E-state index contributed by atoms with van der Waals surface area (Å²) in [5.41, 5.74) is 5.30. The first-order chi connectivity index (χ1) is 10.9. The molecular weight excluding hydrogens is 272 g/mol. The monoisotopic (exact) mass is 290 g/mol. The molecule has 1 spiro atoms. The number of hydrogen-bond acceptors (Lipinski definition) is 3. The summed E-state index contributed by atoms with van der Waals surface area (Å²) in [6.07, 6.45) is 5.08. The summed E-state index contributed by atoms with van der Waals surface area (Å²) in [5.74, 6) is 0. The SMILES string of the molecule is c1ccc2c(c1)N(c1ccnc3[nH]ccc13)C[C@]21CCNC1. The summed E-state index contributed by atoms with van der Waals surface area (Å²) < 4.78 is 0. The van der Waals surface area contributed by atoms with Gasteiger partial charge in [0.25, 0.3) is 0 Å². The second-order valence-corrected chi connectivity index (χ2v) is 6.38. The van der Waals surface area contributed by atoms with Crippen molar-refractivity contribution in [2.24, 2.45) is 0 Å². The van der Waals surface area contributed by atoms with Gasteiger partial charge in [0.2, 0.25) is 0 Å². The van der Waals surface area contributed by atoms with Crippen molar-refractivity contribution in [3.63, 3.8) is 0 Å². The molecule has 0 unspecified atom stereocenters. The number of pyridine rings is 1. The topological polar surface area (TPSA) is 44.0 Å². The zero-order valence-electron chi connectivity index (χ0n) is 12.3. The van der Waals surface area contributed by atoms with Gasteiger partial charge in [-0.3, -0.25) is 0 Å². The van der Waals surface area contributed by atoms with E-state index in [2.05, 4.69) is 56.6 Å². The first-order valence-electron chi connectivity index (χ1n) is 7.87. The molecular formula is C18H18N4. The Kier molecular flexibility index (Phi) is 2.41. The third kappa shape index (κ3) is 1.53. The fraction of sp³-hybridized carbons (Fsp3) is 0.278. The molecule has 0 aliphatic carbocycles. The fourth-order valence-electron chi connectivity index (χ4n) is 4.14. The second kappa shape index (κ2) is 4.34. The Morgan fingerprint density at radius 3 is 2.95 bits per heavy atom. The molecule has 1 atom stereocenters. The minimum atomic E-state index is 0.252. The first-order valence-corrected chi connectivity index (χ1v) is 7.87. The van der Waals surface area contributed by atoms with Gasteiger partial charge in [-0.15, -0.1) is 0 Å². The largest absolute Gasteiger partial charge is 0.346 e. The number of H-pyrrole nitrogens is 1. The van der Waals surface area contributed by atoms with E-state index >= 15 is 0 Å². The number of hydrogen-bond donors (Lipinski definition) is 2. The highest BCUT2D eigenvalue weighted by Gasteiger charge is 2.45. The van der Waals surface area contributed by atoms with Crippen LogP contribution in [0.1, 0.15) is 12.0 Å². The van der Waals surface area contributed by atoms with Crippen molar-refractivity contribution in [1.29, 1.82) is 0 Å². The van der Waals surface area contributed by atoms with E-state index < -0.39 is 0 Å². The van der Waals surface area contributed by atoms with E-state index in [9.17, 15) is 0 Å². The van der Waals surface area contributed by atoms with Gasteiger partial charge in [-0.2, -0.15) is 0 Å². The Labute approximate surface area is 129 Å². The smallest absolute Gasteiger partial charge is 0.139 e. The molecule has 22 heavy (non-hydrogen) atoms. The predicted molar refractivity (Wildman–Crippen MR) is 88.7 cm³/mol. The highest BCUT2D eigenvalue weighted by atomic mass is 15.2. The maximum Gasteiger partial charge on any atom is 0.139 e. The van der Waals surface area contributed by atoms with Crippen molar-refractivity contribution in [3.8, 4) is 0 Å². The van der Waals surface area contributed by atoms with Crippen LogP contribution in [-0.4, -0.2) is 29.6 Å². The van der Waals surface area contributed by atoms with Gasteiger partial charge in [-0.1, -0.05) is 18.2 Å². The normalized spacial score (nSPS) is 23.5. The molecule has 0 radical (unpaired) electrons. The van der Waals surface area contributed by atoms with Crippen LogP contribution in [-0.2, 0) is 5.41 Å². The van der Waals surface area contributed by atoms with Gasteiger partial charge in [0, 0.05) is 42.0 Å². The number of aromatic nitrogens is 2. The first kappa shape index (κ1) is 12.2. The Morgan fingerprint density at radius 1 is 1.09 bits per heavy atom. The number of aromatic amines is 1. The van der Waals surface area contributed by atoms with Gasteiger partial charge in [0.1, 0.15) is 5.65 Å². The van der Waals surface area contributed by atoms with Gasteiger partial charge in [0.15, 0.2) is 0 Å². The van der Waals surface area contributed by atoms with Gasteiger partial charge in [-0.25, -0.2) is 4.98 Å². The van der Waals surface area contributed by atoms with Crippen LogP contribution in [0.4, 0.5) is 11.4 Å². The molecule has 5 rings (SSSR count). The summed E-state index contributed by atoms with van der Waals surface area (Å²) in [5, 5.41) is 4.75. The fourth-order valence-corrected chi connectivity index (χ4v) is 4.14. The van der Waals surface area contributed by atoms with Crippen LogP contribution >= 0.6 is 0 Å². The minimum Gasteiger partial charge on any atom is -0.346 e. The molecule has 110 valence electrons. The van der Waals surface area contributed by atoms with Gasteiger partial charge < -0.3 is 15.2 Å². The molecule has 4 nitrogen and oxygen atoms in total. The molecule has 1 aromatic carbocycles. The van der Waals surface area contributed by atoms with E-state index in [0.29, 0.717) is 0 Å². The van der Waals surface area contributed by atoms with E-state index in [1.807, 2.05) is 12.4 Å². The lowest BCUT2D eigenvalue weighted by Gasteiger charge is -2.25. The van der Waals surface area contributed by atoms with Crippen molar-refractivity contribution in [1.82, 2.24) is 15.3 Å². The van der Waals surface area contributed by atoms with E-state index in [-0.39, 0.29) is 5.41 Å². The van der Waals surface area contributed by atoms with Crippen LogP contribution in [0.5, 0.6) is 0 Å². The molecule has 4 heteroatoms. The van der Waals surface area contributed by atoms with E-state index in [1.165, 1.54) is 28.7 Å². The van der Waals surface area contributed by atoms with Crippen molar-refractivity contribution in [2.75, 3.05) is 24.5 Å². The molecule has 2 N–H and O–H groups in total. The third-order valence-electron chi connectivity index (χ3n) is 5.20. The summed E-state index contributed by atoms with van der Waals surface area (Å²) in [6.45, 7) is 3.23. The summed E-state index contributed by atoms with van der Waals surface area (Å²) in [6, 6.07) is 13.1. The van der Waals surface area contributed by atoms with Crippen molar-refractivity contribution in [2.45, 2.75) is 11.8 Å². The molecule has 1 fully saturated rings. The van der Waals surface area contributed by atoms with Crippen LogP contribution < -0.4 is 10.2 Å². The number of nitrogens with one attached hydrogen (secondary N) is 2. The molecule has 2 aliphatic heterocycles. The molecule has 4 heterocycles. The lowest BCUT2D eigenvalue weighted by atomic mass is 9.82. The molecule has 3 aromatic rings. The highest BCUT2D eigenvalue weighted by molar-refractivity contribution is 5.93. The maximum atomic E-state index is 4.42. The number of fused-ring (bicyclic) bond motifs is 3. The third-order valence-corrected chi connectivity index (χ3v) is 5.20. The Balaban J connectivity index is 1.72. The number of para-hydroxylation sites is 1. The number of anilines is 2. The molecule has 0 amide bonds. The average molecular weight is 290 g/mol. The Bertz CT molecular complexity index is 845. The van der Waals surface area contributed by atoms with E-state index in [0.717, 1.165) is 25.3 Å². The van der Waals surface area contributed by atoms with Crippen LogP contribution in [0.2, 0.25) is 0 Å². The summed E-state index contributed by atoms with van der Waals surface area (Å²) >= 11 is 0. The summed E-state index contributed by atoms with van der Waals surface area (Å²) in [4.78, 5) is 10.1. The van der Waals surface area contributed by atoms with Crippen LogP contribution in [0.25, 0.3) is 11.0 Å². The zero-order valence-corrected chi connectivity index (χ0v) is 12.3. The van der Waals surface area contributed by atoms with Crippen LogP contribution in [0.15, 0.2) is 48.8 Å². The zero-order chi connectivity index (χ0) is 14.6. The number of rotatable bonds is 1. The lowest BCUT2D eigenvalue weighted by molar-refractivity contribution is 0.509. The number of nitrogens with zero attached hydrogens (tertiary/aromatic N) is 2. The Morgan fingerprint density at radius 2 is 2.05 bits per heavy atom. The number of benzene rings is 1. The van der Waals surface area contributed by atoms with E-state index in [4.69, 9.17) is 0 Å². The summed E-state index contributed by atoms with van der Waals surface area (Å²) in [7, 11) is 0. The Hall–Kier alpha value is -2.33. The minimum absolute atomic E-state index is 0.252.